The van der Waals surface area contributed by atoms with Crippen molar-refractivity contribution in [1.29, 1.82) is 0 Å². The number of carbonyl (C=O) groups excluding carboxylic acids is 1. The molecule has 0 saturated carbocycles. The summed E-state index contributed by atoms with van der Waals surface area (Å²) < 4.78 is 10.9. The van der Waals surface area contributed by atoms with Gasteiger partial charge < -0.3 is 19.7 Å². The molecule has 144 valence electrons. The molecule has 26 heavy (non-hydrogen) atoms. The van der Waals surface area contributed by atoms with Crippen LogP contribution in [0.1, 0.15) is 30.4 Å². The summed E-state index contributed by atoms with van der Waals surface area (Å²) in [6.07, 6.45) is 3.78. The first-order valence-corrected chi connectivity index (χ1v) is 9.65. The molecule has 2 fully saturated rings. The van der Waals surface area contributed by atoms with E-state index in [1.165, 1.54) is 25.8 Å². The lowest BCUT2D eigenvalue weighted by Gasteiger charge is -2.43. The number of hydrogen-bond acceptors (Lipinski definition) is 4. The number of nitrogens with one attached hydrogen (secondary N) is 1. The van der Waals surface area contributed by atoms with Crippen molar-refractivity contribution in [1.82, 2.24) is 15.1 Å². The van der Waals surface area contributed by atoms with E-state index in [0.29, 0.717) is 25.8 Å². The first kappa shape index (κ1) is 19.0. The van der Waals surface area contributed by atoms with Crippen molar-refractivity contribution in [3.8, 4) is 5.75 Å². The van der Waals surface area contributed by atoms with Crippen LogP contribution in [0.15, 0.2) is 18.2 Å². The maximum atomic E-state index is 12.6. The zero-order valence-electron chi connectivity index (χ0n) is 16.0. The second-order valence-corrected chi connectivity index (χ2v) is 7.24. The van der Waals surface area contributed by atoms with E-state index in [1.54, 1.807) is 7.11 Å². The first-order chi connectivity index (χ1) is 12.7. The fourth-order valence-corrected chi connectivity index (χ4v) is 3.80. The summed E-state index contributed by atoms with van der Waals surface area (Å²) >= 11 is 0. The maximum absolute atomic E-state index is 12.6. The van der Waals surface area contributed by atoms with E-state index >= 15 is 0 Å². The Morgan fingerprint density at radius 3 is 2.96 bits per heavy atom. The fraction of sp³-hybridized carbons (Fsp3) is 0.650. The molecule has 3 rings (SSSR count). The molecule has 1 aromatic carbocycles. The van der Waals surface area contributed by atoms with Gasteiger partial charge in [0, 0.05) is 44.9 Å². The van der Waals surface area contributed by atoms with Gasteiger partial charge in [-0.25, -0.2) is 4.79 Å². The van der Waals surface area contributed by atoms with E-state index in [1.807, 2.05) is 30.0 Å². The lowest BCUT2D eigenvalue weighted by Crippen LogP contribution is -2.57. The van der Waals surface area contributed by atoms with Gasteiger partial charge in [-0.1, -0.05) is 18.6 Å². The molecule has 0 radical (unpaired) electrons. The van der Waals surface area contributed by atoms with E-state index in [9.17, 15) is 4.79 Å². The lowest BCUT2D eigenvalue weighted by atomic mass is 10.00. The molecule has 0 bridgehead atoms. The van der Waals surface area contributed by atoms with Crippen LogP contribution < -0.4 is 10.1 Å². The Hall–Kier alpha value is -1.79. The van der Waals surface area contributed by atoms with E-state index < -0.39 is 0 Å². The van der Waals surface area contributed by atoms with Crippen LogP contribution in [0.5, 0.6) is 5.75 Å². The SMILES string of the molecule is COCCOc1cc(C)ccc1CNC(=O)N1CCN2CCCCC2C1. The molecule has 2 aliphatic rings. The van der Waals surface area contributed by atoms with Gasteiger partial charge in [0.05, 0.1) is 6.61 Å². The Morgan fingerprint density at radius 2 is 2.12 bits per heavy atom. The highest BCUT2D eigenvalue weighted by atomic mass is 16.5. The third-order valence-electron chi connectivity index (χ3n) is 5.32. The average molecular weight is 361 g/mol. The van der Waals surface area contributed by atoms with Gasteiger partial charge in [-0.3, -0.25) is 4.90 Å². The van der Waals surface area contributed by atoms with Crippen LogP contribution in [0.25, 0.3) is 0 Å². The van der Waals surface area contributed by atoms with E-state index in [0.717, 1.165) is 36.5 Å². The predicted molar refractivity (Wildman–Crippen MR) is 102 cm³/mol. The van der Waals surface area contributed by atoms with E-state index in [2.05, 4.69) is 10.2 Å². The molecule has 1 N–H and O–H groups in total. The van der Waals surface area contributed by atoms with Gasteiger partial charge in [0.1, 0.15) is 12.4 Å². The number of nitrogens with zero attached hydrogens (tertiary/aromatic N) is 2. The minimum atomic E-state index is 0.0265. The molecular formula is C20H31N3O3. The normalized spacial score (nSPS) is 20.5. The first-order valence-electron chi connectivity index (χ1n) is 9.65. The molecule has 1 atom stereocenters. The second-order valence-electron chi connectivity index (χ2n) is 7.24. The van der Waals surface area contributed by atoms with Crippen LogP contribution in [-0.4, -0.2) is 68.4 Å². The minimum Gasteiger partial charge on any atom is -0.491 e. The van der Waals surface area contributed by atoms with Crippen LogP contribution in [-0.2, 0) is 11.3 Å². The average Bonchev–Trinajstić information content (AvgIpc) is 2.67. The maximum Gasteiger partial charge on any atom is 0.317 e. The molecule has 2 amide bonds. The number of methoxy groups -OCH3 is 1. The molecule has 1 aromatic rings. The fourth-order valence-electron chi connectivity index (χ4n) is 3.80. The van der Waals surface area contributed by atoms with Crippen molar-refractivity contribution in [2.75, 3.05) is 46.5 Å². The molecule has 2 saturated heterocycles. The van der Waals surface area contributed by atoms with E-state index in [-0.39, 0.29) is 6.03 Å². The summed E-state index contributed by atoms with van der Waals surface area (Å²) in [7, 11) is 1.66. The van der Waals surface area contributed by atoms with Gasteiger partial charge in [-0.05, 0) is 37.9 Å². The number of amides is 2. The Balaban J connectivity index is 1.54. The van der Waals surface area contributed by atoms with Crippen LogP contribution in [0.4, 0.5) is 4.79 Å². The van der Waals surface area contributed by atoms with Crippen molar-refractivity contribution in [2.24, 2.45) is 0 Å². The van der Waals surface area contributed by atoms with Gasteiger partial charge in [-0.15, -0.1) is 0 Å². The van der Waals surface area contributed by atoms with Gasteiger partial charge in [0.15, 0.2) is 0 Å². The van der Waals surface area contributed by atoms with Crippen LogP contribution in [0.3, 0.4) is 0 Å². The Kier molecular flexibility index (Phi) is 6.74. The number of rotatable bonds is 6. The van der Waals surface area contributed by atoms with Gasteiger partial charge in [0.25, 0.3) is 0 Å². The van der Waals surface area contributed by atoms with E-state index in [4.69, 9.17) is 9.47 Å². The van der Waals surface area contributed by atoms with Crippen LogP contribution in [0.2, 0.25) is 0 Å². The molecule has 1 unspecified atom stereocenters. The van der Waals surface area contributed by atoms with Crippen LogP contribution in [0, 0.1) is 6.92 Å². The highest BCUT2D eigenvalue weighted by Crippen LogP contribution is 2.22. The van der Waals surface area contributed by atoms with Gasteiger partial charge in [-0.2, -0.15) is 0 Å². The largest absolute Gasteiger partial charge is 0.491 e. The molecule has 0 aromatic heterocycles. The molecule has 6 nitrogen and oxygen atoms in total. The number of piperidine rings is 1. The molecule has 6 heteroatoms. The summed E-state index contributed by atoms with van der Waals surface area (Å²) in [5.74, 6) is 0.819. The van der Waals surface area contributed by atoms with Crippen molar-refractivity contribution >= 4 is 6.03 Å². The molecular weight excluding hydrogens is 330 g/mol. The van der Waals surface area contributed by atoms with Gasteiger partial charge in [0.2, 0.25) is 0 Å². The number of ether oxygens (including phenoxy) is 2. The van der Waals surface area contributed by atoms with Crippen molar-refractivity contribution < 1.29 is 14.3 Å². The van der Waals surface area contributed by atoms with Crippen molar-refractivity contribution in [2.45, 2.75) is 38.8 Å². The van der Waals surface area contributed by atoms with Gasteiger partial charge >= 0.3 is 6.03 Å². The molecule has 0 spiro atoms. The zero-order chi connectivity index (χ0) is 18.4. The summed E-state index contributed by atoms with van der Waals surface area (Å²) in [6.45, 7) is 7.40. The number of fused-ring (bicyclic) bond motifs is 1. The number of hydrogen-bond donors (Lipinski definition) is 1. The molecule has 2 heterocycles. The summed E-state index contributed by atoms with van der Waals surface area (Å²) in [5, 5.41) is 3.07. The van der Waals surface area contributed by atoms with Crippen LogP contribution >= 0.6 is 0 Å². The number of carbonyl (C=O) groups is 1. The van der Waals surface area contributed by atoms with Crippen molar-refractivity contribution in [3.05, 3.63) is 29.3 Å². The second kappa shape index (κ2) is 9.24. The summed E-state index contributed by atoms with van der Waals surface area (Å²) in [4.78, 5) is 17.1. The number of urea groups is 1. The Morgan fingerprint density at radius 1 is 1.23 bits per heavy atom. The standard InChI is InChI=1S/C20H31N3O3/c1-16-6-7-17(19(13-16)26-12-11-25-2)14-21-20(24)23-10-9-22-8-4-3-5-18(22)15-23/h6-7,13,18H,3-5,8-12,14-15H2,1-2H3,(H,21,24). The molecule has 2 aliphatic heterocycles. The third kappa shape index (κ3) is 4.89. The third-order valence-corrected chi connectivity index (χ3v) is 5.32. The quantitative estimate of drug-likeness (QED) is 0.791. The summed E-state index contributed by atoms with van der Waals surface area (Å²) in [6, 6.07) is 6.65. The smallest absolute Gasteiger partial charge is 0.317 e. The number of piperazine rings is 1. The summed E-state index contributed by atoms with van der Waals surface area (Å²) in [5.41, 5.74) is 2.14. The minimum absolute atomic E-state index is 0.0265. The Labute approximate surface area is 156 Å². The topological polar surface area (TPSA) is 54.0 Å². The highest BCUT2D eigenvalue weighted by Gasteiger charge is 2.30. The Bertz CT molecular complexity index is 608. The monoisotopic (exact) mass is 361 g/mol. The molecule has 0 aliphatic carbocycles. The zero-order valence-corrected chi connectivity index (χ0v) is 16.0. The number of benzene rings is 1. The lowest BCUT2D eigenvalue weighted by molar-refractivity contribution is 0.0642. The van der Waals surface area contributed by atoms with Crippen molar-refractivity contribution in [3.63, 3.8) is 0 Å². The predicted octanol–water partition coefficient (Wildman–Crippen LogP) is 2.40. The number of aryl methyl sites for hydroxylation is 1. The highest BCUT2D eigenvalue weighted by molar-refractivity contribution is 5.74.